The van der Waals surface area contributed by atoms with Crippen LogP contribution < -0.4 is 14.8 Å². The summed E-state index contributed by atoms with van der Waals surface area (Å²) < 4.78 is 16.5. The van der Waals surface area contributed by atoms with Crippen molar-refractivity contribution in [3.05, 3.63) is 113 Å². The van der Waals surface area contributed by atoms with Crippen LogP contribution in [0.1, 0.15) is 42.7 Å². The van der Waals surface area contributed by atoms with E-state index in [0.29, 0.717) is 41.0 Å². The number of benzene rings is 3. The van der Waals surface area contributed by atoms with Crippen LogP contribution in [0, 0.1) is 0 Å². The highest BCUT2D eigenvalue weighted by Crippen LogP contribution is 2.46. The Morgan fingerprint density at radius 1 is 0.923 bits per heavy atom. The van der Waals surface area contributed by atoms with Gasteiger partial charge in [0, 0.05) is 29.3 Å². The van der Waals surface area contributed by atoms with Crippen molar-refractivity contribution in [3.63, 3.8) is 0 Å². The fraction of sp³-hybridized carbons (Fsp3) is 0.250. The van der Waals surface area contributed by atoms with E-state index in [1.807, 2.05) is 67.6 Å². The molecule has 3 aromatic rings. The highest BCUT2D eigenvalue weighted by atomic mass is 16.6. The minimum atomic E-state index is -0.653. The predicted molar refractivity (Wildman–Crippen MR) is 147 cm³/mol. The summed E-state index contributed by atoms with van der Waals surface area (Å²) in [5.41, 5.74) is 4.03. The molecular formula is C32H31NO6. The van der Waals surface area contributed by atoms with E-state index >= 15 is 0 Å². The molecule has 7 nitrogen and oxygen atoms in total. The Balaban J connectivity index is 1.41. The van der Waals surface area contributed by atoms with Crippen molar-refractivity contribution in [1.29, 1.82) is 0 Å². The number of carbonyl (C=O) groups excluding carboxylic acids is 2. The van der Waals surface area contributed by atoms with Gasteiger partial charge in [0.25, 0.3) is 0 Å². The molecule has 2 aliphatic rings. The van der Waals surface area contributed by atoms with Gasteiger partial charge >= 0.3 is 5.97 Å². The normalized spacial score (nSPS) is 18.8. The molecule has 5 rings (SSSR count). The third-order valence-electron chi connectivity index (χ3n) is 7.17. The Hall–Kier alpha value is -4.52. The molecule has 2 unspecified atom stereocenters. The Morgan fingerprint density at radius 2 is 1.69 bits per heavy atom. The average molecular weight is 526 g/mol. The number of ketones is 1. The molecule has 0 saturated heterocycles. The zero-order valence-electron chi connectivity index (χ0n) is 22.0. The first kappa shape index (κ1) is 26.1. The van der Waals surface area contributed by atoms with Crippen molar-refractivity contribution in [2.24, 2.45) is 0 Å². The topological polar surface area (TPSA) is 94.1 Å². The molecular weight excluding hydrogens is 494 g/mol. The zero-order chi connectivity index (χ0) is 27.4. The van der Waals surface area contributed by atoms with Gasteiger partial charge in [-0.2, -0.15) is 0 Å². The Labute approximate surface area is 227 Å². The SMILES string of the molecule is COc1ccc(C2CC(=O)C3=C(C2)NC(C)=C(C(=O)OCCOc2ccccc2)C3c2cccc(O)c2)cc1. The molecule has 0 amide bonds. The van der Waals surface area contributed by atoms with Gasteiger partial charge in [-0.15, -0.1) is 0 Å². The van der Waals surface area contributed by atoms with Crippen LogP contribution in [0.5, 0.6) is 17.2 Å². The van der Waals surface area contributed by atoms with E-state index in [2.05, 4.69) is 5.32 Å². The quantitative estimate of drug-likeness (QED) is 0.301. The number of hydrogen-bond acceptors (Lipinski definition) is 7. The smallest absolute Gasteiger partial charge is 0.336 e. The Bertz CT molecular complexity index is 1420. The van der Waals surface area contributed by atoms with Gasteiger partial charge in [0.2, 0.25) is 0 Å². The van der Waals surface area contributed by atoms with Crippen molar-refractivity contribution < 1.29 is 28.9 Å². The molecule has 0 bridgehead atoms. The second-order valence-corrected chi connectivity index (χ2v) is 9.68. The third kappa shape index (κ3) is 5.67. The number of rotatable bonds is 8. The summed E-state index contributed by atoms with van der Waals surface area (Å²) in [5.74, 6) is 0.293. The third-order valence-corrected chi connectivity index (χ3v) is 7.17. The van der Waals surface area contributed by atoms with Gasteiger partial charge in [0.15, 0.2) is 5.78 Å². The van der Waals surface area contributed by atoms with Crippen molar-refractivity contribution in [1.82, 2.24) is 5.32 Å². The maximum atomic E-state index is 13.7. The number of dihydropyridines is 1. The van der Waals surface area contributed by atoms with Crippen LogP contribution >= 0.6 is 0 Å². The number of phenolic OH excluding ortho intramolecular Hbond substituents is 1. The van der Waals surface area contributed by atoms with Crippen LogP contribution in [0.3, 0.4) is 0 Å². The van der Waals surface area contributed by atoms with Crippen LogP contribution in [0.15, 0.2) is 101 Å². The molecule has 0 aromatic heterocycles. The van der Waals surface area contributed by atoms with E-state index in [0.717, 1.165) is 17.0 Å². The molecule has 1 aliphatic heterocycles. The second kappa shape index (κ2) is 11.5. The first-order valence-corrected chi connectivity index (χ1v) is 13.0. The van der Waals surface area contributed by atoms with Crippen molar-refractivity contribution in [2.75, 3.05) is 20.3 Å². The number of para-hydroxylation sites is 1. The zero-order valence-corrected chi connectivity index (χ0v) is 22.0. The highest BCUT2D eigenvalue weighted by Gasteiger charge is 2.41. The average Bonchev–Trinajstić information content (AvgIpc) is 2.95. The molecule has 3 aromatic carbocycles. The summed E-state index contributed by atoms with van der Waals surface area (Å²) in [6.07, 6.45) is 0.932. The Morgan fingerprint density at radius 3 is 2.41 bits per heavy atom. The minimum Gasteiger partial charge on any atom is -0.508 e. The minimum absolute atomic E-state index is 0.00378. The van der Waals surface area contributed by atoms with E-state index in [9.17, 15) is 14.7 Å². The number of aromatic hydroxyl groups is 1. The molecule has 39 heavy (non-hydrogen) atoms. The van der Waals surface area contributed by atoms with Gasteiger partial charge in [-0.3, -0.25) is 4.79 Å². The summed E-state index contributed by atoms with van der Waals surface area (Å²) in [4.78, 5) is 27.1. The lowest BCUT2D eigenvalue weighted by Gasteiger charge is -2.36. The van der Waals surface area contributed by atoms with Gasteiger partial charge in [-0.05, 0) is 66.8 Å². The van der Waals surface area contributed by atoms with Crippen LogP contribution in [-0.2, 0) is 14.3 Å². The maximum absolute atomic E-state index is 13.7. The van der Waals surface area contributed by atoms with Crippen LogP contribution in [0.4, 0.5) is 0 Å². The van der Waals surface area contributed by atoms with Gasteiger partial charge in [0.1, 0.15) is 30.5 Å². The van der Waals surface area contributed by atoms with Gasteiger partial charge in [-0.25, -0.2) is 4.79 Å². The monoisotopic (exact) mass is 525 g/mol. The highest BCUT2D eigenvalue weighted by molar-refractivity contribution is 6.04. The van der Waals surface area contributed by atoms with Crippen LogP contribution in [0.25, 0.3) is 0 Å². The summed E-state index contributed by atoms with van der Waals surface area (Å²) in [6, 6.07) is 23.8. The van der Waals surface area contributed by atoms with E-state index in [4.69, 9.17) is 14.2 Å². The Kier molecular flexibility index (Phi) is 7.68. The number of carbonyl (C=O) groups is 2. The number of esters is 1. The standard InChI is InChI=1S/C32H31NO6/c1-20-29(32(36)39-16-15-38-26-9-4-3-5-10-26)30(22-7-6-8-24(34)17-22)31-27(33-20)18-23(19-28(31)35)21-11-13-25(37-2)14-12-21/h3-14,17,23,30,33-34H,15-16,18-19H2,1-2H3. The fourth-order valence-corrected chi connectivity index (χ4v) is 5.35. The van der Waals surface area contributed by atoms with Gasteiger partial charge in [-0.1, -0.05) is 42.5 Å². The van der Waals surface area contributed by atoms with Gasteiger partial charge in [0.05, 0.1) is 12.7 Å². The molecule has 1 aliphatic carbocycles. The van der Waals surface area contributed by atoms with Crippen LogP contribution in [-0.4, -0.2) is 37.2 Å². The fourth-order valence-electron chi connectivity index (χ4n) is 5.35. The molecule has 2 atom stereocenters. The van der Waals surface area contributed by atoms with E-state index in [1.165, 1.54) is 0 Å². The van der Waals surface area contributed by atoms with E-state index in [1.54, 1.807) is 25.3 Å². The number of nitrogens with one attached hydrogen (secondary N) is 1. The second-order valence-electron chi connectivity index (χ2n) is 9.68. The summed E-state index contributed by atoms with van der Waals surface area (Å²) in [6.45, 7) is 2.07. The molecule has 0 radical (unpaired) electrons. The molecule has 0 spiro atoms. The lowest BCUT2D eigenvalue weighted by molar-refractivity contribution is -0.140. The molecule has 1 heterocycles. The van der Waals surface area contributed by atoms with E-state index < -0.39 is 11.9 Å². The van der Waals surface area contributed by atoms with Crippen molar-refractivity contribution >= 4 is 11.8 Å². The summed E-state index contributed by atoms with van der Waals surface area (Å²) in [5, 5.41) is 13.6. The van der Waals surface area contributed by atoms with E-state index in [-0.39, 0.29) is 30.7 Å². The number of ether oxygens (including phenoxy) is 3. The first-order valence-electron chi connectivity index (χ1n) is 13.0. The lowest BCUT2D eigenvalue weighted by atomic mass is 9.71. The lowest BCUT2D eigenvalue weighted by Crippen LogP contribution is -2.36. The van der Waals surface area contributed by atoms with Crippen LogP contribution in [0.2, 0.25) is 0 Å². The number of allylic oxidation sites excluding steroid dienone is 3. The molecule has 2 N–H and O–H groups in total. The molecule has 0 fully saturated rings. The number of methoxy groups -OCH3 is 1. The number of Topliss-reactive ketones (excluding diaryl/α,β-unsaturated/α-hetero) is 1. The van der Waals surface area contributed by atoms with Gasteiger partial charge < -0.3 is 24.6 Å². The number of hydrogen-bond donors (Lipinski definition) is 2. The largest absolute Gasteiger partial charge is 0.508 e. The first-order chi connectivity index (χ1) is 18.9. The molecule has 0 saturated carbocycles. The molecule has 7 heteroatoms. The molecule has 200 valence electrons. The maximum Gasteiger partial charge on any atom is 0.336 e. The predicted octanol–water partition coefficient (Wildman–Crippen LogP) is 5.38. The summed E-state index contributed by atoms with van der Waals surface area (Å²) in [7, 11) is 1.62. The van der Waals surface area contributed by atoms with Crippen molar-refractivity contribution in [3.8, 4) is 17.2 Å². The summed E-state index contributed by atoms with van der Waals surface area (Å²) >= 11 is 0. The number of phenols is 1. The van der Waals surface area contributed by atoms with Crippen molar-refractivity contribution in [2.45, 2.75) is 31.6 Å².